The highest BCUT2D eigenvalue weighted by molar-refractivity contribution is 7.26. The van der Waals surface area contributed by atoms with Crippen LogP contribution in [0.5, 0.6) is 0 Å². The van der Waals surface area contributed by atoms with Crippen LogP contribution >= 0.6 is 35.1 Å². The molecule has 3 rings (SSSR count). The largest absolute Gasteiger partial charge is 0.341 e. The monoisotopic (exact) mass is 409 g/mol. The molecule has 2 N–H and O–H groups in total. The molecule has 7 heteroatoms. The van der Waals surface area contributed by atoms with E-state index in [4.69, 9.17) is 5.73 Å². The predicted octanol–water partition coefficient (Wildman–Crippen LogP) is 4.89. The van der Waals surface area contributed by atoms with Gasteiger partial charge in [0.15, 0.2) is 0 Å². The average Bonchev–Trinajstić information content (AvgIpc) is 3.24. The number of benzene rings is 1. The minimum absolute atomic E-state index is 0. The molecule has 1 amide bonds. The number of nitrogens with two attached hydrogens (primary N) is 1. The van der Waals surface area contributed by atoms with E-state index in [9.17, 15) is 4.79 Å². The second-order valence-electron chi connectivity index (χ2n) is 6.57. The first-order chi connectivity index (χ1) is 12.0. The average molecular weight is 410 g/mol. The molecule has 1 aromatic carbocycles. The molecule has 4 nitrogen and oxygen atoms in total. The van der Waals surface area contributed by atoms with Gasteiger partial charge in [-0.15, -0.1) is 35.1 Å². The van der Waals surface area contributed by atoms with E-state index >= 15 is 0 Å². The molecule has 140 valence electrons. The van der Waals surface area contributed by atoms with Crippen molar-refractivity contribution in [2.45, 2.75) is 26.3 Å². The Kier molecular flexibility index (Phi) is 7.17. The van der Waals surface area contributed by atoms with Gasteiger partial charge in [-0.25, -0.2) is 4.98 Å². The number of fused-ring (bicyclic) bond motifs is 1. The molecule has 1 unspecified atom stereocenters. The number of carbonyl (C=O) groups is 1. The van der Waals surface area contributed by atoms with E-state index < -0.39 is 0 Å². The third kappa shape index (κ3) is 4.62. The number of halogens is 1. The van der Waals surface area contributed by atoms with E-state index in [1.165, 1.54) is 16.0 Å². The number of aromatic nitrogens is 1. The minimum Gasteiger partial charge on any atom is -0.341 e. The van der Waals surface area contributed by atoms with Gasteiger partial charge >= 0.3 is 0 Å². The van der Waals surface area contributed by atoms with E-state index in [2.05, 4.69) is 24.9 Å². The molecule has 0 aliphatic carbocycles. The Morgan fingerprint density at radius 2 is 1.92 bits per heavy atom. The molecule has 26 heavy (non-hydrogen) atoms. The molecule has 0 spiro atoms. The molecule has 0 bridgehead atoms. The second-order valence-corrected chi connectivity index (χ2v) is 8.69. The maximum atomic E-state index is 12.6. The number of nitrogens with zero attached hydrogens (tertiary/aromatic N) is 2. The van der Waals surface area contributed by atoms with Crippen LogP contribution < -0.4 is 5.73 Å². The van der Waals surface area contributed by atoms with Gasteiger partial charge in [0, 0.05) is 19.6 Å². The minimum atomic E-state index is 0. The van der Waals surface area contributed by atoms with Crippen LogP contribution in [0.3, 0.4) is 0 Å². The Bertz CT molecular complexity index is 841. The van der Waals surface area contributed by atoms with E-state index in [1.807, 2.05) is 37.4 Å². The Morgan fingerprint density at radius 3 is 2.62 bits per heavy atom. The predicted molar refractivity (Wildman–Crippen MR) is 115 cm³/mol. The van der Waals surface area contributed by atoms with Crippen molar-refractivity contribution in [2.75, 3.05) is 13.6 Å². The summed E-state index contributed by atoms with van der Waals surface area (Å²) in [5.41, 5.74) is 7.08. The Labute approximate surface area is 168 Å². The molecule has 1 atom stereocenters. The van der Waals surface area contributed by atoms with Gasteiger partial charge < -0.3 is 10.6 Å². The second kappa shape index (κ2) is 8.95. The number of hydrogen-bond acceptors (Lipinski definition) is 5. The normalized spacial score (nSPS) is 12.2. The van der Waals surface area contributed by atoms with Crippen LogP contribution in [0, 0.1) is 5.92 Å². The van der Waals surface area contributed by atoms with E-state index in [1.54, 1.807) is 16.2 Å². The molecule has 3 aromatic rings. The zero-order valence-corrected chi connectivity index (χ0v) is 17.6. The molecule has 0 saturated heterocycles. The Hall–Kier alpha value is -1.47. The summed E-state index contributed by atoms with van der Waals surface area (Å²) in [5.74, 6) is 0.476. The summed E-state index contributed by atoms with van der Waals surface area (Å²) in [6.07, 6.45) is 0.815. The maximum absolute atomic E-state index is 12.6. The van der Waals surface area contributed by atoms with Crippen LogP contribution in [0.4, 0.5) is 0 Å². The lowest BCUT2D eigenvalue weighted by atomic mass is 10.0. The third-order valence-electron chi connectivity index (χ3n) is 4.32. The zero-order valence-electron chi connectivity index (χ0n) is 15.1. The van der Waals surface area contributed by atoms with Gasteiger partial charge in [-0.05, 0) is 36.6 Å². The Balaban J connectivity index is 0.00000243. The van der Waals surface area contributed by atoms with Crippen LogP contribution in [0.1, 0.15) is 29.9 Å². The lowest BCUT2D eigenvalue weighted by Gasteiger charge is -2.21. The summed E-state index contributed by atoms with van der Waals surface area (Å²) < 4.78 is 1.17. The summed E-state index contributed by atoms with van der Waals surface area (Å²) in [4.78, 5) is 20.8. The van der Waals surface area contributed by atoms with Crippen LogP contribution in [0.15, 0.2) is 36.4 Å². The summed E-state index contributed by atoms with van der Waals surface area (Å²) in [7, 11) is 1.84. The molecule has 0 aliphatic heterocycles. The van der Waals surface area contributed by atoms with E-state index in [0.29, 0.717) is 12.5 Å². The number of amides is 1. The van der Waals surface area contributed by atoms with Gasteiger partial charge in [0.05, 0.1) is 20.0 Å². The molecular weight excluding hydrogens is 386 g/mol. The van der Waals surface area contributed by atoms with Crippen molar-refractivity contribution >= 4 is 51.2 Å². The Morgan fingerprint density at radius 1 is 1.19 bits per heavy atom. The van der Waals surface area contributed by atoms with Crippen molar-refractivity contribution in [3.8, 4) is 9.88 Å². The van der Waals surface area contributed by atoms with Gasteiger partial charge in [0.1, 0.15) is 5.01 Å². The highest BCUT2D eigenvalue weighted by Crippen LogP contribution is 2.34. The highest BCUT2D eigenvalue weighted by atomic mass is 35.5. The first kappa shape index (κ1) is 20.8. The van der Waals surface area contributed by atoms with E-state index in [-0.39, 0.29) is 24.4 Å². The fourth-order valence-electron chi connectivity index (χ4n) is 2.51. The smallest absolute Gasteiger partial charge is 0.263 e. The number of para-hydroxylation sites is 1. The maximum Gasteiger partial charge on any atom is 0.263 e. The molecular formula is C19H24ClN3OS2. The fourth-order valence-corrected chi connectivity index (χ4v) is 4.53. The SMILES string of the molecule is CC(C)C(N)CCN(C)C(=O)c1ccc(-c2nc3ccccc3s2)s1.Cl. The molecule has 2 aromatic heterocycles. The van der Waals surface area contributed by atoms with Crippen molar-refractivity contribution in [3.05, 3.63) is 41.3 Å². The summed E-state index contributed by atoms with van der Waals surface area (Å²) in [5, 5.41) is 0.967. The van der Waals surface area contributed by atoms with Crippen molar-refractivity contribution < 1.29 is 4.79 Å². The van der Waals surface area contributed by atoms with Gasteiger partial charge in [0.2, 0.25) is 0 Å². The first-order valence-corrected chi connectivity index (χ1v) is 10.1. The topological polar surface area (TPSA) is 59.2 Å². The first-order valence-electron chi connectivity index (χ1n) is 8.42. The lowest BCUT2D eigenvalue weighted by Crippen LogP contribution is -2.34. The van der Waals surface area contributed by atoms with Crippen LogP contribution in [-0.2, 0) is 0 Å². The van der Waals surface area contributed by atoms with Gasteiger partial charge in [0.25, 0.3) is 5.91 Å². The number of carbonyl (C=O) groups excluding carboxylic acids is 1. The fraction of sp³-hybridized carbons (Fsp3) is 0.368. The summed E-state index contributed by atoms with van der Waals surface area (Å²) in [6.45, 7) is 4.89. The van der Waals surface area contributed by atoms with Gasteiger partial charge in [-0.3, -0.25) is 4.79 Å². The number of thiazole rings is 1. The van der Waals surface area contributed by atoms with Crippen molar-refractivity contribution in [1.29, 1.82) is 0 Å². The zero-order chi connectivity index (χ0) is 18.0. The van der Waals surface area contributed by atoms with Crippen molar-refractivity contribution in [3.63, 3.8) is 0 Å². The summed E-state index contributed by atoms with van der Waals surface area (Å²) >= 11 is 3.16. The lowest BCUT2D eigenvalue weighted by molar-refractivity contribution is 0.0794. The number of rotatable bonds is 6. The number of hydrogen-bond donors (Lipinski definition) is 1. The summed E-state index contributed by atoms with van der Waals surface area (Å²) in [6, 6.07) is 12.1. The van der Waals surface area contributed by atoms with Gasteiger partial charge in [-0.2, -0.15) is 0 Å². The molecule has 0 aliphatic rings. The van der Waals surface area contributed by atoms with E-state index in [0.717, 1.165) is 26.7 Å². The van der Waals surface area contributed by atoms with Crippen molar-refractivity contribution in [2.24, 2.45) is 11.7 Å². The standard InChI is InChI=1S/C19H23N3OS2.ClH/c1-12(2)13(20)10-11-22(3)19(23)17-9-8-16(24-17)18-21-14-6-4-5-7-15(14)25-18;/h4-9,12-13H,10-11,20H2,1-3H3;1H. The van der Waals surface area contributed by atoms with Crippen molar-refractivity contribution in [1.82, 2.24) is 9.88 Å². The third-order valence-corrected chi connectivity index (χ3v) is 6.60. The van der Waals surface area contributed by atoms with Crippen LogP contribution in [-0.4, -0.2) is 35.4 Å². The molecule has 0 saturated carbocycles. The van der Waals surface area contributed by atoms with Crippen LogP contribution in [0.25, 0.3) is 20.1 Å². The molecule has 2 heterocycles. The van der Waals surface area contributed by atoms with Crippen LogP contribution in [0.2, 0.25) is 0 Å². The quantitative estimate of drug-likeness (QED) is 0.630. The molecule has 0 fully saturated rings. The number of thiophene rings is 1. The van der Waals surface area contributed by atoms with Gasteiger partial charge in [-0.1, -0.05) is 26.0 Å². The highest BCUT2D eigenvalue weighted by Gasteiger charge is 2.17. The molecule has 0 radical (unpaired) electrons.